The van der Waals surface area contributed by atoms with Crippen LogP contribution in [0.2, 0.25) is 0 Å². The van der Waals surface area contributed by atoms with E-state index in [1.165, 1.54) is 36.3 Å². The predicted molar refractivity (Wildman–Crippen MR) is 86.3 cm³/mol. The second-order valence-corrected chi connectivity index (χ2v) is 5.77. The van der Waals surface area contributed by atoms with Crippen molar-refractivity contribution in [3.05, 3.63) is 23.4 Å². The Morgan fingerprint density at radius 2 is 2.00 bits per heavy atom. The summed E-state index contributed by atoms with van der Waals surface area (Å²) < 4.78 is 0. The Labute approximate surface area is 123 Å². The average Bonchev–Trinajstić information content (AvgIpc) is 3.25. The zero-order chi connectivity index (χ0) is 14.4. The van der Waals surface area contributed by atoms with Crippen LogP contribution in [0.15, 0.2) is 12.1 Å². The molecule has 0 radical (unpaired) electrons. The van der Waals surface area contributed by atoms with E-state index in [4.69, 9.17) is 4.98 Å². The van der Waals surface area contributed by atoms with Crippen molar-refractivity contribution in [1.29, 1.82) is 0 Å². The lowest BCUT2D eigenvalue weighted by Gasteiger charge is -2.23. The van der Waals surface area contributed by atoms with Gasteiger partial charge < -0.3 is 10.2 Å². The minimum Gasteiger partial charge on any atom is -0.354 e. The highest BCUT2D eigenvalue weighted by molar-refractivity contribution is 5.45. The normalized spacial score (nSPS) is 14.6. The molecule has 1 fully saturated rings. The third kappa shape index (κ3) is 4.20. The molecule has 3 heteroatoms. The van der Waals surface area contributed by atoms with E-state index >= 15 is 0 Å². The lowest BCUT2D eigenvalue weighted by molar-refractivity contribution is 0.672. The van der Waals surface area contributed by atoms with Gasteiger partial charge in [-0.25, -0.2) is 4.98 Å². The summed E-state index contributed by atoms with van der Waals surface area (Å²) >= 11 is 0. The standard InChI is InChI=1S/C17H29N3/c1-4-7-15-11-14(13-18-10-5-2)12-17(19-15)20(6-3)16-8-9-16/h11-12,16,18H,4-10,13H2,1-3H3. The van der Waals surface area contributed by atoms with Crippen molar-refractivity contribution < 1.29 is 0 Å². The molecule has 1 N–H and O–H groups in total. The molecule has 0 saturated heterocycles. The molecule has 1 aromatic heterocycles. The molecule has 1 aliphatic rings. The van der Waals surface area contributed by atoms with Crippen LogP contribution in [0.4, 0.5) is 5.82 Å². The summed E-state index contributed by atoms with van der Waals surface area (Å²) in [6, 6.07) is 5.29. The lowest BCUT2D eigenvalue weighted by Crippen LogP contribution is -2.26. The van der Waals surface area contributed by atoms with Crippen molar-refractivity contribution in [2.24, 2.45) is 0 Å². The van der Waals surface area contributed by atoms with Gasteiger partial charge >= 0.3 is 0 Å². The summed E-state index contributed by atoms with van der Waals surface area (Å²) in [6.45, 7) is 9.78. The number of pyridine rings is 1. The molecule has 1 aliphatic carbocycles. The third-order valence-corrected chi connectivity index (χ3v) is 3.81. The Morgan fingerprint density at radius 3 is 2.60 bits per heavy atom. The zero-order valence-electron chi connectivity index (χ0n) is 13.3. The van der Waals surface area contributed by atoms with Gasteiger partial charge in [0.25, 0.3) is 0 Å². The Kier molecular flexibility index (Phi) is 5.84. The maximum atomic E-state index is 4.88. The van der Waals surface area contributed by atoms with Crippen LogP contribution >= 0.6 is 0 Å². The molecule has 1 heterocycles. The third-order valence-electron chi connectivity index (χ3n) is 3.81. The topological polar surface area (TPSA) is 28.2 Å². The van der Waals surface area contributed by atoms with E-state index < -0.39 is 0 Å². The summed E-state index contributed by atoms with van der Waals surface area (Å²) in [7, 11) is 0. The molecular formula is C17H29N3. The summed E-state index contributed by atoms with van der Waals surface area (Å²) in [6.07, 6.45) is 6.08. The van der Waals surface area contributed by atoms with Crippen molar-refractivity contribution in [2.45, 2.75) is 65.5 Å². The fourth-order valence-electron chi connectivity index (χ4n) is 2.67. The highest BCUT2D eigenvalue weighted by Gasteiger charge is 2.29. The first kappa shape index (κ1) is 15.3. The maximum absolute atomic E-state index is 4.88. The van der Waals surface area contributed by atoms with E-state index in [0.29, 0.717) is 0 Å². The minimum atomic E-state index is 0.737. The quantitative estimate of drug-likeness (QED) is 0.699. The Balaban J connectivity index is 2.15. The number of anilines is 1. The van der Waals surface area contributed by atoms with E-state index in [1.54, 1.807) is 0 Å². The van der Waals surface area contributed by atoms with Crippen molar-refractivity contribution in [3.8, 4) is 0 Å². The van der Waals surface area contributed by atoms with Crippen molar-refractivity contribution in [3.63, 3.8) is 0 Å². The maximum Gasteiger partial charge on any atom is 0.129 e. The van der Waals surface area contributed by atoms with Gasteiger partial charge in [0.05, 0.1) is 0 Å². The first-order chi connectivity index (χ1) is 9.78. The van der Waals surface area contributed by atoms with Gasteiger partial charge in [0.2, 0.25) is 0 Å². The van der Waals surface area contributed by atoms with E-state index in [2.05, 4.69) is 43.1 Å². The summed E-state index contributed by atoms with van der Waals surface area (Å²) in [5, 5.41) is 3.50. The summed E-state index contributed by atoms with van der Waals surface area (Å²) in [5.74, 6) is 1.19. The van der Waals surface area contributed by atoms with Gasteiger partial charge in [-0.1, -0.05) is 20.3 Å². The average molecular weight is 275 g/mol. The van der Waals surface area contributed by atoms with E-state index in [1.807, 2.05) is 0 Å². The van der Waals surface area contributed by atoms with Gasteiger partial charge in [-0.3, -0.25) is 0 Å². The molecule has 3 nitrogen and oxygen atoms in total. The second-order valence-electron chi connectivity index (χ2n) is 5.77. The number of nitrogens with one attached hydrogen (secondary N) is 1. The largest absolute Gasteiger partial charge is 0.354 e. The molecule has 1 saturated carbocycles. The molecule has 112 valence electrons. The predicted octanol–water partition coefficient (Wildman–Crippen LogP) is 3.52. The SMILES string of the molecule is CCCNCc1cc(CCC)nc(N(CC)C2CC2)c1. The van der Waals surface area contributed by atoms with Crippen LogP contribution in [0.3, 0.4) is 0 Å². The Morgan fingerprint density at radius 1 is 1.20 bits per heavy atom. The van der Waals surface area contributed by atoms with Gasteiger partial charge in [0.15, 0.2) is 0 Å². The number of aryl methyl sites for hydroxylation is 1. The van der Waals surface area contributed by atoms with Gasteiger partial charge in [-0.05, 0) is 56.8 Å². The van der Waals surface area contributed by atoms with Gasteiger partial charge in [0, 0.05) is 24.8 Å². The molecule has 0 bridgehead atoms. The van der Waals surface area contributed by atoms with Gasteiger partial charge in [-0.2, -0.15) is 0 Å². The van der Waals surface area contributed by atoms with Crippen LogP contribution < -0.4 is 10.2 Å². The molecular weight excluding hydrogens is 246 g/mol. The van der Waals surface area contributed by atoms with Crippen LogP contribution in [-0.2, 0) is 13.0 Å². The van der Waals surface area contributed by atoms with Crippen LogP contribution in [-0.4, -0.2) is 24.1 Å². The molecule has 0 atom stereocenters. The zero-order valence-corrected chi connectivity index (χ0v) is 13.3. The minimum absolute atomic E-state index is 0.737. The van der Waals surface area contributed by atoms with Gasteiger partial charge in [-0.15, -0.1) is 0 Å². The van der Waals surface area contributed by atoms with E-state index in [-0.39, 0.29) is 0 Å². The number of hydrogen-bond donors (Lipinski definition) is 1. The number of hydrogen-bond acceptors (Lipinski definition) is 3. The lowest BCUT2D eigenvalue weighted by atomic mass is 10.1. The fourth-order valence-corrected chi connectivity index (χ4v) is 2.67. The Bertz CT molecular complexity index is 413. The second kappa shape index (κ2) is 7.63. The monoisotopic (exact) mass is 275 g/mol. The van der Waals surface area contributed by atoms with Crippen LogP contribution in [0, 0.1) is 0 Å². The fraction of sp³-hybridized carbons (Fsp3) is 0.706. The molecule has 20 heavy (non-hydrogen) atoms. The van der Waals surface area contributed by atoms with Gasteiger partial charge in [0.1, 0.15) is 5.82 Å². The Hall–Kier alpha value is -1.09. The van der Waals surface area contributed by atoms with Crippen LogP contribution in [0.5, 0.6) is 0 Å². The number of aromatic nitrogens is 1. The van der Waals surface area contributed by atoms with Crippen molar-refractivity contribution in [1.82, 2.24) is 10.3 Å². The number of rotatable bonds is 9. The molecule has 0 aromatic carbocycles. The number of nitrogens with zero attached hydrogens (tertiary/aromatic N) is 2. The first-order valence-electron chi connectivity index (χ1n) is 8.25. The van der Waals surface area contributed by atoms with Crippen molar-refractivity contribution >= 4 is 5.82 Å². The molecule has 2 rings (SSSR count). The highest BCUT2D eigenvalue weighted by Crippen LogP contribution is 2.31. The summed E-state index contributed by atoms with van der Waals surface area (Å²) in [5.41, 5.74) is 2.63. The van der Waals surface area contributed by atoms with E-state index in [0.717, 1.165) is 38.5 Å². The van der Waals surface area contributed by atoms with Crippen molar-refractivity contribution in [2.75, 3.05) is 18.0 Å². The molecule has 0 unspecified atom stereocenters. The molecule has 0 aliphatic heterocycles. The van der Waals surface area contributed by atoms with E-state index in [9.17, 15) is 0 Å². The van der Waals surface area contributed by atoms with Crippen LogP contribution in [0.1, 0.15) is 57.7 Å². The first-order valence-corrected chi connectivity index (χ1v) is 8.25. The molecule has 1 aromatic rings. The summed E-state index contributed by atoms with van der Waals surface area (Å²) in [4.78, 5) is 7.36. The van der Waals surface area contributed by atoms with Crippen LogP contribution in [0.25, 0.3) is 0 Å². The molecule has 0 spiro atoms. The smallest absolute Gasteiger partial charge is 0.129 e. The molecule has 0 amide bonds. The highest BCUT2D eigenvalue weighted by atomic mass is 15.2.